The molecule has 112 valence electrons. The summed E-state index contributed by atoms with van der Waals surface area (Å²) >= 11 is 0. The lowest BCUT2D eigenvalue weighted by atomic mass is 10.1. The smallest absolute Gasteiger partial charge is 0.313 e. The van der Waals surface area contributed by atoms with Gasteiger partial charge in [-0.1, -0.05) is 12.8 Å². The van der Waals surface area contributed by atoms with E-state index in [4.69, 9.17) is 10.5 Å². The maximum atomic E-state index is 12.4. The second-order valence-electron chi connectivity index (χ2n) is 6.54. The molecule has 5 nitrogen and oxygen atoms in total. The van der Waals surface area contributed by atoms with E-state index >= 15 is 0 Å². The van der Waals surface area contributed by atoms with Crippen LogP contribution in [0.15, 0.2) is 17.2 Å². The highest BCUT2D eigenvalue weighted by Crippen LogP contribution is 2.20. The van der Waals surface area contributed by atoms with E-state index in [9.17, 15) is 4.79 Å². The first-order chi connectivity index (χ1) is 9.39. The summed E-state index contributed by atoms with van der Waals surface area (Å²) in [6, 6.07) is -0.0120. The lowest BCUT2D eigenvalue weighted by molar-refractivity contribution is 0.151. The maximum Gasteiger partial charge on any atom is 0.313 e. The van der Waals surface area contributed by atoms with E-state index in [1.807, 2.05) is 20.8 Å². The molecule has 1 aliphatic rings. The highest BCUT2D eigenvalue weighted by Gasteiger charge is 2.25. The van der Waals surface area contributed by atoms with Gasteiger partial charge >= 0.3 is 5.56 Å². The van der Waals surface area contributed by atoms with Crippen LogP contribution in [0.5, 0.6) is 5.88 Å². The molecule has 0 radical (unpaired) electrons. The summed E-state index contributed by atoms with van der Waals surface area (Å²) in [6.45, 7) is 5.95. The van der Waals surface area contributed by atoms with E-state index in [0.29, 0.717) is 0 Å². The fraction of sp³-hybridized carbons (Fsp3) is 0.733. The van der Waals surface area contributed by atoms with Gasteiger partial charge in [-0.2, -0.15) is 0 Å². The largest absolute Gasteiger partial charge is 0.469 e. The van der Waals surface area contributed by atoms with Gasteiger partial charge in [0, 0.05) is 24.0 Å². The quantitative estimate of drug-likeness (QED) is 0.841. The van der Waals surface area contributed by atoms with Gasteiger partial charge in [-0.3, -0.25) is 4.79 Å². The van der Waals surface area contributed by atoms with Crippen LogP contribution in [0, 0.1) is 0 Å². The minimum atomic E-state index is -0.288. The van der Waals surface area contributed by atoms with E-state index in [-0.39, 0.29) is 29.1 Å². The third-order valence-corrected chi connectivity index (χ3v) is 3.80. The van der Waals surface area contributed by atoms with Crippen molar-refractivity contribution in [2.24, 2.45) is 5.73 Å². The summed E-state index contributed by atoms with van der Waals surface area (Å²) in [7, 11) is 0. The molecule has 20 heavy (non-hydrogen) atoms. The van der Waals surface area contributed by atoms with Gasteiger partial charge in [-0.25, -0.2) is 4.98 Å². The second kappa shape index (κ2) is 5.95. The van der Waals surface area contributed by atoms with E-state index in [0.717, 1.165) is 25.7 Å². The zero-order valence-corrected chi connectivity index (χ0v) is 12.6. The molecule has 1 aromatic heterocycles. The van der Waals surface area contributed by atoms with Gasteiger partial charge in [0.15, 0.2) is 0 Å². The lowest BCUT2D eigenvalue weighted by Gasteiger charge is -2.25. The average molecular weight is 279 g/mol. The summed E-state index contributed by atoms with van der Waals surface area (Å²) in [4.78, 5) is 16.5. The number of nitrogens with two attached hydrogens (primary N) is 1. The molecule has 1 aromatic rings. The third-order valence-electron chi connectivity index (χ3n) is 3.80. The van der Waals surface area contributed by atoms with Crippen LogP contribution in [0.1, 0.15) is 52.9 Å². The minimum Gasteiger partial charge on any atom is -0.469 e. The van der Waals surface area contributed by atoms with Crippen LogP contribution in [-0.2, 0) is 5.54 Å². The Morgan fingerprint density at radius 1 is 1.30 bits per heavy atom. The van der Waals surface area contributed by atoms with Crippen molar-refractivity contribution in [2.45, 2.75) is 70.6 Å². The van der Waals surface area contributed by atoms with Crippen molar-refractivity contribution in [3.05, 3.63) is 22.7 Å². The molecule has 1 saturated carbocycles. The van der Waals surface area contributed by atoms with Gasteiger partial charge in [-0.15, -0.1) is 0 Å². The molecular weight excluding hydrogens is 254 g/mol. The number of aromatic nitrogens is 2. The molecule has 1 fully saturated rings. The van der Waals surface area contributed by atoms with Gasteiger partial charge in [0.2, 0.25) is 0 Å². The van der Waals surface area contributed by atoms with Gasteiger partial charge in [0.25, 0.3) is 5.88 Å². The molecule has 0 saturated heterocycles. The maximum absolute atomic E-state index is 12.4. The molecule has 0 amide bonds. The topological polar surface area (TPSA) is 70.1 Å². The fourth-order valence-electron chi connectivity index (χ4n) is 2.59. The van der Waals surface area contributed by atoms with Gasteiger partial charge in [0.1, 0.15) is 6.10 Å². The van der Waals surface area contributed by atoms with Crippen molar-refractivity contribution in [1.82, 2.24) is 9.55 Å². The SMILES string of the molecule is CC(C)(C)n1ccnc(OC2CCCCCC2N)c1=O. The van der Waals surface area contributed by atoms with Crippen molar-refractivity contribution in [1.29, 1.82) is 0 Å². The third kappa shape index (κ3) is 3.39. The number of hydrogen-bond acceptors (Lipinski definition) is 4. The molecule has 0 spiro atoms. The first-order valence-electron chi connectivity index (χ1n) is 7.40. The van der Waals surface area contributed by atoms with Crippen LogP contribution < -0.4 is 16.0 Å². The normalized spacial score (nSPS) is 24.2. The van der Waals surface area contributed by atoms with E-state index in [1.54, 1.807) is 17.0 Å². The van der Waals surface area contributed by atoms with Crippen molar-refractivity contribution < 1.29 is 4.74 Å². The molecule has 0 aromatic carbocycles. The van der Waals surface area contributed by atoms with Gasteiger partial charge < -0.3 is 15.0 Å². The molecule has 1 heterocycles. The molecule has 5 heteroatoms. The zero-order valence-electron chi connectivity index (χ0n) is 12.6. The number of nitrogens with zero attached hydrogens (tertiary/aromatic N) is 2. The van der Waals surface area contributed by atoms with Crippen LogP contribution in [0.3, 0.4) is 0 Å². The monoisotopic (exact) mass is 279 g/mol. The Hall–Kier alpha value is -1.36. The Morgan fingerprint density at radius 3 is 2.70 bits per heavy atom. The van der Waals surface area contributed by atoms with Crippen LogP contribution >= 0.6 is 0 Å². The second-order valence-corrected chi connectivity index (χ2v) is 6.54. The predicted molar refractivity (Wildman–Crippen MR) is 79.0 cm³/mol. The number of rotatable bonds is 2. The highest BCUT2D eigenvalue weighted by atomic mass is 16.5. The van der Waals surface area contributed by atoms with Crippen LogP contribution in [0.25, 0.3) is 0 Å². The predicted octanol–water partition coefficient (Wildman–Crippen LogP) is 2.04. The molecule has 2 unspecified atom stereocenters. The molecule has 0 bridgehead atoms. The molecule has 2 rings (SSSR count). The average Bonchev–Trinajstić information content (AvgIpc) is 2.56. The zero-order chi connectivity index (χ0) is 14.8. The molecule has 0 aliphatic heterocycles. The highest BCUT2D eigenvalue weighted by molar-refractivity contribution is 5.07. The van der Waals surface area contributed by atoms with Crippen LogP contribution in [0.4, 0.5) is 0 Å². The summed E-state index contributed by atoms with van der Waals surface area (Å²) in [5.41, 5.74) is 5.67. The standard InChI is InChI=1S/C15H25N3O2/c1-15(2,3)18-10-9-17-13(14(18)19)20-12-8-6-4-5-7-11(12)16/h9-12H,4-8,16H2,1-3H3. The molecule has 2 N–H and O–H groups in total. The van der Waals surface area contributed by atoms with Gasteiger partial charge in [-0.05, 0) is 40.0 Å². The Bertz CT molecular complexity index is 505. The van der Waals surface area contributed by atoms with Crippen molar-refractivity contribution >= 4 is 0 Å². The number of hydrogen-bond donors (Lipinski definition) is 1. The Kier molecular flexibility index (Phi) is 4.48. The van der Waals surface area contributed by atoms with Crippen LogP contribution in [-0.4, -0.2) is 21.7 Å². The van der Waals surface area contributed by atoms with E-state index in [1.165, 1.54) is 6.42 Å². The van der Waals surface area contributed by atoms with E-state index in [2.05, 4.69) is 4.98 Å². The molecular formula is C15H25N3O2. The summed E-state index contributed by atoms with van der Waals surface area (Å²) < 4.78 is 7.50. The van der Waals surface area contributed by atoms with Crippen molar-refractivity contribution in [2.75, 3.05) is 0 Å². The Balaban J connectivity index is 2.23. The van der Waals surface area contributed by atoms with Crippen molar-refractivity contribution in [3.63, 3.8) is 0 Å². The Labute approximate surface area is 120 Å². The summed E-state index contributed by atoms with van der Waals surface area (Å²) in [6.07, 6.45) is 8.47. The lowest BCUT2D eigenvalue weighted by Crippen LogP contribution is -2.41. The van der Waals surface area contributed by atoms with Crippen LogP contribution in [0.2, 0.25) is 0 Å². The minimum absolute atomic E-state index is 0.0120. The molecule has 1 aliphatic carbocycles. The van der Waals surface area contributed by atoms with E-state index < -0.39 is 0 Å². The summed E-state index contributed by atoms with van der Waals surface area (Å²) in [5.74, 6) is 0.171. The molecule has 2 atom stereocenters. The van der Waals surface area contributed by atoms with Gasteiger partial charge in [0.05, 0.1) is 0 Å². The van der Waals surface area contributed by atoms with Crippen molar-refractivity contribution in [3.8, 4) is 5.88 Å². The Morgan fingerprint density at radius 2 is 2.00 bits per heavy atom. The fourth-order valence-corrected chi connectivity index (χ4v) is 2.59. The summed E-state index contributed by atoms with van der Waals surface area (Å²) in [5, 5.41) is 0. The number of ether oxygens (including phenoxy) is 1. The first-order valence-corrected chi connectivity index (χ1v) is 7.40. The first kappa shape index (κ1) is 15.0.